The summed E-state index contributed by atoms with van der Waals surface area (Å²) in [5.74, 6) is -0.359. The van der Waals surface area contributed by atoms with Gasteiger partial charge in [-0.05, 0) is 24.3 Å². The summed E-state index contributed by atoms with van der Waals surface area (Å²) in [4.78, 5) is 11.3. The highest BCUT2D eigenvalue weighted by molar-refractivity contribution is 5.88. The number of methoxy groups -OCH3 is 1. The highest BCUT2D eigenvalue weighted by Gasteiger charge is 1.99. The lowest BCUT2D eigenvalue weighted by atomic mass is 10.2. The lowest BCUT2D eigenvalue weighted by Gasteiger charge is -1.94. The Labute approximate surface area is 88.8 Å². The molecule has 3 nitrogen and oxygen atoms in total. The van der Waals surface area contributed by atoms with Crippen LogP contribution in [-0.4, -0.2) is 13.1 Å². The normalized spacial score (nSPS) is 8.87. The Hall–Kier alpha value is -2.03. The summed E-state index contributed by atoms with van der Waals surface area (Å²) in [6, 6.07) is 13.9. The second-order valence-corrected chi connectivity index (χ2v) is 2.88. The minimum Gasteiger partial charge on any atom is -0.465 e. The van der Waals surface area contributed by atoms with Gasteiger partial charge in [0.2, 0.25) is 0 Å². The molecule has 3 heteroatoms. The molecule has 0 bridgehead atoms. The number of nitrogens with two attached hydrogens (primary N) is 1. The van der Waals surface area contributed by atoms with E-state index in [9.17, 15) is 4.79 Å². The molecule has 1 aromatic rings. The van der Waals surface area contributed by atoms with Crippen LogP contribution in [0.15, 0.2) is 48.5 Å². The number of hydrogen-bond donors (Lipinski definition) is 1. The van der Waals surface area contributed by atoms with E-state index < -0.39 is 0 Å². The molecule has 0 aromatic heterocycles. The van der Waals surface area contributed by atoms with Crippen LogP contribution in [0, 0.1) is 0 Å². The van der Waals surface area contributed by atoms with Crippen molar-refractivity contribution in [3.8, 4) is 0 Å². The zero-order valence-corrected chi connectivity index (χ0v) is 8.51. The van der Waals surface area contributed by atoms with Crippen LogP contribution in [0.3, 0.4) is 0 Å². The first-order chi connectivity index (χ1) is 7.24. The molecule has 0 fully saturated rings. The van der Waals surface area contributed by atoms with E-state index in [1.165, 1.54) is 7.11 Å². The van der Waals surface area contributed by atoms with Crippen LogP contribution in [0.25, 0.3) is 0 Å². The van der Waals surface area contributed by atoms with Gasteiger partial charge in [-0.3, -0.25) is 0 Å². The van der Waals surface area contributed by atoms with Crippen molar-refractivity contribution in [2.45, 2.75) is 0 Å². The van der Waals surface area contributed by atoms with Gasteiger partial charge in [0.25, 0.3) is 0 Å². The second kappa shape index (κ2) is 5.65. The van der Waals surface area contributed by atoms with Crippen LogP contribution in [0.2, 0.25) is 0 Å². The van der Waals surface area contributed by atoms with E-state index in [0.717, 1.165) is 0 Å². The van der Waals surface area contributed by atoms with E-state index in [1.807, 2.05) is 0 Å². The molecule has 2 N–H and O–H groups in total. The van der Waals surface area contributed by atoms with Crippen molar-refractivity contribution in [1.29, 1.82) is 0 Å². The Balaban J connectivity index is 3.18. The van der Waals surface area contributed by atoms with E-state index in [-0.39, 0.29) is 5.97 Å². The van der Waals surface area contributed by atoms with E-state index >= 15 is 0 Å². The number of rotatable bonds is 1. The highest BCUT2D eigenvalue weighted by atomic mass is 16.5. The van der Waals surface area contributed by atoms with Gasteiger partial charge in [0.1, 0.15) is 0 Å². The minimum absolute atomic E-state index is 0.359. The molecule has 0 heterocycles. The number of esters is 1. The van der Waals surface area contributed by atoms with Crippen molar-refractivity contribution < 1.29 is 9.53 Å². The van der Waals surface area contributed by atoms with Crippen LogP contribution in [0.5, 0.6) is 0 Å². The molecule has 0 aliphatic rings. The molecule has 78 valence electrons. The lowest BCUT2D eigenvalue weighted by Crippen LogP contribution is -1.99. The van der Waals surface area contributed by atoms with E-state index in [4.69, 9.17) is 5.73 Å². The topological polar surface area (TPSA) is 52.3 Å². The summed E-state index contributed by atoms with van der Waals surface area (Å²) in [5, 5.41) is 0. The van der Waals surface area contributed by atoms with Crippen molar-refractivity contribution in [2.24, 2.45) is 0 Å². The summed E-state index contributed by atoms with van der Waals surface area (Å²) in [5.41, 5.74) is 6.77. The quantitative estimate of drug-likeness (QED) is 0.712. The molecule has 0 aliphatic carbocycles. The third-order valence-corrected chi connectivity index (χ3v) is 1.77. The van der Waals surface area contributed by atoms with Crippen LogP contribution in [0.4, 0.5) is 5.69 Å². The molecule has 0 aliphatic heterocycles. The maximum atomic E-state index is 11.3. The standard InChI is InChI=1S/C12H13NO2/c1-15-12(14)10-6-2-4-8-11(13)9-5-3-7-10/h2-9H,13H2,1H3. The van der Waals surface area contributed by atoms with Gasteiger partial charge >= 0.3 is 5.97 Å². The van der Waals surface area contributed by atoms with E-state index in [1.54, 1.807) is 48.5 Å². The van der Waals surface area contributed by atoms with Crippen molar-refractivity contribution in [3.05, 3.63) is 54.1 Å². The molecule has 1 aromatic carbocycles. The second-order valence-electron chi connectivity index (χ2n) is 2.88. The van der Waals surface area contributed by atoms with Gasteiger partial charge < -0.3 is 10.5 Å². The predicted octanol–water partition coefficient (Wildman–Crippen LogP) is 2.18. The molecule has 0 spiro atoms. The Morgan fingerprint density at radius 3 is 2.00 bits per heavy atom. The van der Waals surface area contributed by atoms with Crippen LogP contribution in [0.1, 0.15) is 10.4 Å². The average molecular weight is 203 g/mol. The minimum atomic E-state index is -0.359. The van der Waals surface area contributed by atoms with Crippen LogP contribution < -0.4 is 5.73 Å². The molecule has 1 rings (SSSR count). The maximum Gasteiger partial charge on any atom is 0.337 e. The van der Waals surface area contributed by atoms with Gasteiger partial charge in [0.05, 0.1) is 12.7 Å². The van der Waals surface area contributed by atoms with Crippen molar-refractivity contribution >= 4 is 11.7 Å². The van der Waals surface area contributed by atoms with E-state index in [2.05, 4.69) is 4.74 Å². The third kappa shape index (κ3) is 3.68. The molecule has 0 unspecified atom stereocenters. The molecular formula is C12H13NO2. The van der Waals surface area contributed by atoms with Gasteiger partial charge in [-0.1, -0.05) is 24.3 Å². The largest absolute Gasteiger partial charge is 0.465 e. The highest BCUT2D eigenvalue weighted by Crippen LogP contribution is 1.99. The molecule has 15 heavy (non-hydrogen) atoms. The number of carbonyl (C=O) groups is 1. The number of hydrogen-bond acceptors (Lipinski definition) is 3. The monoisotopic (exact) mass is 203 g/mol. The summed E-state index contributed by atoms with van der Waals surface area (Å²) >= 11 is 0. The third-order valence-electron chi connectivity index (χ3n) is 1.77. The molecule has 0 atom stereocenters. The average Bonchev–Trinajstić information content (AvgIpc) is 2.26. The fourth-order valence-corrected chi connectivity index (χ4v) is 1.02. The van der Waals surface area contributed by atoms with Crippen LogP contribution >= 0.6 is 0 Å². The van der Waals surface area contributed by atoms with Gasteiger partial charge in [-0.25, -0.2) is 4.79 Å². The fraction of sp³-hybridized carbons (Fsp3) is 0.0833. The maximum absolute atomic E-state index is 11.3. The fourth-order valence-electron chi connectivity index (χ4n) is 1.02. The van der Waals surface area contributed by atoms with Crippen molar-refractivity contribution in [3.63, 3.8) is 0 Å². The first kappa shape index (κ1) is 11.0. The first-order valence-corrected chi connectivity index (χ1v) is 4.51. The predicted molar refractivity (Wildman–Crippen MR) is 59.8 cm³/mol. The molecule has 0 saturated heterocycles. The summed E-state index contributed by atoms with van der Waals surface area (Å²) < 4.78 is 4.62. The molecule has 0 radical (unpaired) electrons. The van der Waals surface area contributed by atoms with Gasteiger partial charge in [0, 0.05) is 5.69 Å². The molecule has 0 amide bonds. The number of ether oxygens (including phenoxy) is 1. The van der Waals surface area contributed by atoms with Gasteiger partial charge in [0.15, 0.2) is 0 Å². The summed E-state index contributed by atoms with van der Waals surface area (Å²) in [6.45, 7) is 0. The zero-order valence-electron chi connectivity index (χ0n) is 8.51. The SMILES string of the molecule is COC(=O)c1ccccc(N)cccc1. The Morgan fingerprint density at radius 1 is 1.07 bits per heavy atom. The number of anilines is 1. The van der Waals surface area contributed by atoms with Gasteiger partial charge in [-0.2, -0.15) is 0 Å². The van der Waals surface area contributed by atoms with E-state index in [0.29, 0.717) is 11.3 Å². The van der Waals surface area contributed by atoms with Crippen LogP contribution in [-0.2, 0) is 4.74 Å². The Morgan fingerprint density at radius 2 is 1.53 bits per heavy atom. The number of nitrogen functional groups attached to an aromatic ring is 1. The lowest BCUT2D eigenvalue weighted by molar-refractivity contribution is 0.0601. The summed E-state index contributed by atoms with van der Waals surface area (Å²) in [7, 11) is 1.35. The first-order valence-electron chi connectivity index (χ1n) is 4.51. The smallest absolute Gasteiger partial charge is 0.337 e. The van der Waals surface area contributed by atoms with Gasteiger partial charge in [-0.15, -0.1) is 0 Å². The molecular weight excluding hydrogens is 190 g/mol. The summed E-state index contributed by atoms with van der Waals surface area (Å²) in [6.07, 6.45) is 0. The number of carbonyl (C=O) groups excluding carboxylic acids is 1. The Kier molecular flexibility index (Phi) is 4.16. The zero-order chi connectivity index (χ0) is 11.1. The molecule has 0 saturated carbocycles. The van der Waals surface area contributed by atoms with Crippen molar-refractivity contribution in [2.75, 3.05) is 12.8 Å². The van der Waals surface area contributed by atoms with Crippen molar-refractivity contribution in [1.82, 2.24) is 0 Å². The Bertz CT molecular complexity index is 373.